The fourth-order valence-corrected chi connectivity index (χ4v) is 1.27. The van der Waals surface area contributed by atoms with Gasteiger partial charge in [0.25, 0.3) is 0 Å². The van der Waals surface area contributed by atoms with Crippen molar-refractivity contribution in [3.63, 3.8) is 0 Å². The Morgan fingerprint density at radius 2 is 1.81 bits per heavy atom. The number of rotatable bonds is 8. The molecule has 0 aromatic carbocycles. The molecule has 0 aliphatic carbocycles. The molecule has 0 aliphatic rings. The zero-order chi connectivity index (χ0) is 12.8. The van der Waals surface area contributed by atoms with Gasteiger partial charge in [-0.15, -0.1) is 0 Å². The number of unbranched alkanes of at least 4 members (excludes halogenated alkanes) is 1. The van der Waals surface area contributed by atoms with Crippen LogP contribution in [0.15, 0.2) is 0 Å². The van der Waals surface area contributed by atoms with Gasteiger partial charge in [0.05, 0.1) is 11.9 Å². The molecule has 0 radical (unpaired) electrons. The van der Waals surface area contributed by atoms with E-state index in [1.165, 1.54) is 0 Å². The molecular weight excluding hydrogens is 200 g/mol. The first-order valence-electron chi connectivity index (χ1n) is 6.23. The first-order chi connectivity index (χ1) is 7.27. The first-order valence-corrected chi connectivity index (χ1v) is 6.23. The summed E-state index contributed by atoms with van der Waals surface area (Å²) in [6.45, 7) is 11.3. The summed E-state index contributed by atoms with van der Waals surface area (Å²) in [5.74, 6) is 0.859. The Morgan fingerprint density at radius 1 is 1.25 bits per heavy atom. The highest BCUT2D eigenvalue weighted by molar-refractivity contribution is 5.82. The molecule has 0 saturated heterocycles. The van der Waals surface area contributed by atoms with E-state index in [9.17, 15) is 0 Å². The largest absolute Gasteiger partial charge is 0.387 e. The van der Waals surface area contributed by atoms with Crippen LogP contribution in [-0.2, 0) is 4.74 Å². The lowest BCUT2D eigenvalue weighted by Crippen LogP contribution is -2.30. The SMILES string of the molecule is CC(C)C(C)OCCCCC(C)(C)C(=N)N. The molecular formula is C13H28N2O. The van der Waals surface area contributed by atoms with E-state index >= 15 is 0 Å². The Labute approximate surface area is 100 Å². The second kappa shape index (κ2) is 6.89. The van der Waals surface area contributed by atoms with Gasteiger partial charge in [0, 0.05) is 12.0 Å². The lowest BCUT2D eigenvalue weighted by atomic mass is 9.86. The highest BCUT2D eigenvalue weighted by atomic mass is 16.5. The Hall–Kier alpha value is -0.570. The summed E-state index contributed by atoms with van der Waals surface area (Å²) >= 11 is 0. The molecule has 0 aliphatic heterocycles. The monoisotopic (exact) mass is 228 g/mol. The van der Waals surface area contributed by atoms with E-state index in [-0.39, 0.29) is 11.3 Å². The van der Waals surface area contributed by atoms with Gasteiger partial charge < -0.3 is 10.5 Å². The van der Waals surface area contributed by atoms with Crippen molar-refractivity contribution in [2.45, 2.75) is 60.0 Å². The minimum atomic E-state index is -0.163. The van der Waals surface area contributed by atoms with Crippen LogP contribution in [0.4, 0.5) is 0 Å². The first kappa shape index (κ1) is 15.4. The highest BCUT2D eigenvalue weighted by Crippen LogP contribution is 2.22. The lowest BCUT2D eigenvalue weighted by molar-refractivity contribution is 0.0326. The molecule has 0 spiro atoms. The smallest absolute Gasteiger partial charge is 0.0963 e. The maximum Gasteiger partial charge on any atom is 0.0963 e. The number of ether oxygens (including phenoxy) is 1. The summed E-state index contributed by atoms with van der Waals surface area (Å²) in [6.07, 6.45) is 3.41. The summed E-state index contributed by atoms with van der Waals surface area (Å²) in [6, 6.07) is 0. The minimum absolute atomic E-state index is 0.163. The van der Waals surface area contributed by atoms with Crippen LogP contribution in [0, 0.1) is 16.7 Å². The predicted octanol–water partition coefficient (Wildman–Crippen LogP) is 3.18. The second-order valence-corrected chi connectivity index (χ2v) is 5.57. The van der Waals surface area contributed by atoms with Crippen LogP contribution in [0.2, 0.25) is 0 Å². The molecule has 0 rings (SSSR count). The van der Waals surface area contributed by atoms with Gasteiger partial charge in [0.1, 0.15) is 0 Å². The van der Waals surface area contributed by atoms with Gasteiger partial charge in [-0.2, -0.15) is 0 Å². The van der Waals surface area contributed by atoms with Crippen LogP contribution in [0.3, 0.4) is 0 Å². The molecule has 3 nitrogen and oxygen atoms in total. The van der Waals surface area contributed by atoms with Crippen molar-refractivity contribution in [2.24, 2.45) is 17.1 Å². The molecule has 0 heterocycles. The van der Waals surface area contributed by atoms with Crippen molar-refractivity contribution in [3.05, 3.63) is 0 Å². The van der Waals surface area contributed by atoms with Crippen LogP contribution in [0.25, 0.3) is 0 Å². The van der Waals surface area contributed by atoms with Gasteiger partial charge >= 0.3 is 0 Å². The Morgan fingerprint density at radius 3 is 2.25 bits per heavy atom. The van der Waals surface area contributed by atoms with Gasteiger partial charge in [-0.3, -0.25) is 5.41 Å². The maximum absolute atomic E-state index is 7.45. The van der Waals surface area contributed by atoms with Gasteiger partial charge in [-0.05, 0) is 25.7 Å². The maximum atomic E-state index is 7.45. The standard InChI is InChI=1S/C13H28N2O/c1-10(2)11(3)16-9-7-6-8-13(4,5)12(14)15/h10-11H,6-9H2,1-5H3,(H3,14,15). The number of nitrogens with one attached hydrogen (secondary N) is 1. The molecule has 0 fully saturated rings. The molecule has 0 aromatic heterocycles. The fraction of sp³-hybridized carbons (Fsp3) is 0.923. The van der Waals surface area contributed by atoms with E-state index in [2.05, 4.69) is 20.8 Å². The van der Waals surface area contributed by atoms with Crippen LogP contribution < -0.4 is 5.73 Å². The van der Waals surface area contributed by atoms with E-state index in [0.29, 0.717) is 12.0 Å². The third-order valence-corrected chi connectivity index (χ3v) is 3.24. The highest BCUT2D eigenvalue weighted by Gasteiger charge is 2.20. The summed E-state index contributed by atoms with van der Waals surface area (Å²) in [4.78, 5) is 0. The molecule has 0 amide bonds. The molecule has 1 unspecified atom stereocenters. The molecule has 96 valence electrons. The van der Waals surface area contributed by atoms with Crippen molar-refractivity contribution >= 4 is 5.84 Å². The van der Waals surface area contributed by atoms with E-state index in [1.807, 2.05) is 13.8 Å². The van der Waals surface area contributed by atoms with Crippen molar-refractivity contribution in [2.75, 3.05) is 6.61 Å². The molecule has 0 saturated carbocycles. The second-order valence-electron chi connectivity index (χ2n) is 5.57. The summed E-state index contributed by atoms with van der Waals surface area (Å²) in [5, 5.41) is 7.45. The Bertz CT molecular complexity index is 212. The van der Waals surface area contributed by atoms with Crippen molar-refractivity contribution in [3.8, 4) is 0 Å². The average molecular weight is 228 g/mol. The Kier molecular flexibility index (Phi) is 6.65. The summed E-state index contributed by atoms with van der Waals surface area (Å²) < 4.78 is 5.69. The quantitative estimate of drug-likeness (QED) is 0.381. The van der Waals surface area contributed by atoms with Gasteiger partial charge in [0.15, 0.2) is 0 Å². The molecule has 0 aromatic rings. The molecule has 16 heavy (non-hydrogen) atoms. The van der Waals surface area contributed by atoms with Crippen molar-refractivity contribution in [1.82, 2.24) is 0 Å². The number of amidine groups is 1. The molecule has 3 N–H and O–H groups in total. The third-order valence-electron chi connectivity index (χ3n) is 3.24. The van der Waals surface area contributed by atoms with Crippen LogP contribution in [-0.4, -0.2) is 18.5 Å². The topological polar surface area (TPSA) is 59.1 Å². The lowest BCUT2D eigenvalue weighted by Gasteiger charge is -2.23. The predicted molar refractivity (Wildman–Crippen MR) is 69.8 cm³/mol. The van der Waals surface area contributed by atoms with E-state index in [4.69, 9.17) is 15.9 Å². The van der Waals surface area contributed by atoms with E-state index < -0.39 is 0 Å². The zero-order valence-corrected chi connectivity index (χ0v) is 11.5. The van der Waals surface area contributed by atoms with E-state index in [0.717, 1.165) is 25.9 Å². The average Bonchev–Trinajstić information content (AvgIpc) is 2.16. The van der Waals surface area contributed by atoms with Crippen molar-refractivity contribution in [1.29, 1.82) is 5.41 Å². The van der Waals surface area contributed by atoms with Gasteiger partial charge in [-0.1, -0.05) is 34.1 Å². The summed E-state index contributed by atoms with van der Waals surface area (Å²) in [5.41, 5.74) is 5.36. The summed E-state index contributed by atoms with van der Waals surface area (Å²) in [7, 11) is 0. The third kappa shape index (κ3) is 6.11. The molecule has 3 heteroatoms. The van der Waals surface area contributed by atoms with Gasteiger partial charge in [-0.25, -0.2) is 0 Å². The van der Waals surface area contributed by atoms with Gasteiger partial charge in [0.2, 0.25) is 0 Å². The molecule has 1 atom stereocenters. The van der Waals surface area contributed by atoms with Crippen LogP contribution in [0.1, 0.15) is 53.9 Å². The molecule has 0 bridgehead atoms. The normalized spacial score (nSPS) is 14.1. The van der Waals surface area contributed by atoms with Crippen LogP contribution in [0.5, 0.6) is 0 Å². The van der Waals surface area contributed by atoms with Crippen LogP contribution >= 0.6 is 0 Å². The number of hydrogen-bond donors (Lipinski definition) is 2. The number of hydrogen-bond acceptors (Lipinski definition) is 2. The minimum Gasteiger partial charge on any atom is -0.387 e. The Balaban J connectivity index is 3.58. The van der Waals surface area contributed by atoms with Crippen molar-refractivity contribution < 1.29 is 4.74 Å². The number of nitrogens with two attached hydrogens (primary N) is 1. The fourth-order valence-electron chi connectivity index (χ4n) is 1.27. The zero-order valence-electron chi connectivity index (χ0n) is 11.5. The van der Waals surface area contributed by atoms with E-state index in [1.54, 1.807) is 0 Å².